The van der Waals surface area contributed by atoms with Gasteiger partial charge in [-0.1, -0.05) is 19.1 Å². The summed E-state index contributed by atoms with van der Waals surface area (Å²) in [5, 5.41) is 3.40. The highest BCUT2D eigenvalue weighted by Gasteiger charge is 2.17. The van der Waals surface area contributed by atoms with Gasteiger partial charge < -0.3 is 15.0 Å². The maximum atomic E-state index is 5.26. The molecule has 0 saturated carbocycles. The zero-order valence-electron chi connectivity index (χ0n) is 14.5. The summed E-state index contributed by atoms with van der Waals surface area (Å²) in [5.41, 5.74) is 1.25. The average Bonchev–Trinajstić information content (AvgIpc) is 2.62. The predicted molar refractivity (Wildman–Crippen MR) is 97.8 cm³/mol. The van der Waals surface area contributed by atoms with Crippen LogP contribution in [0.25, 0.3) is 0 Å². The first kappa shape index (κ1) is 16.6. The van der Waals surface area contributed by atoms with Gasteiger partial charge in [0.05, 0.1) is 7.11 Å². The van der Waals surface area contributed by atoms with E-state index in [4.69, 9.17) is 4.74 Å². The molecule has 1 aromatic carbocycles. The minimum absolute atomic E-state index is 0.734. The molecule has 3 rings (SSSR count). The Kier molecular flexibility index (Phi) is 5.51. The topological polar surface area (TPSA) is 50.3 Å². The fourth-order valence-corrected chi connectivity index (χ4v) is 3.18. The van der Waals surface area contributed by atoms with Crippen LogP contribution < -0.4 is 15.0 Å². The first-order chi connectivity index (χ1) is 11.7. The number of hydrogen-bond donors (Lipinski definition) is 1. The second-order valence-corrected chi connectivity index (χ2v) is 6.48. The molecule has 2 aromatic rings. The van der Waals surface area contributed by atoms with E-state index in [1.54, 1.807) is 13.4 Å². The lowest BCUT2D eigenvalue weighted by atomic mass is 10.0. The molecule has 1 saturated heterocycles. The average molecular weight is 326 g/mol. The van der Waals surface area contributed by atoms with E-state index in [0.717, 1.165) is 49.4 Å². The fourth-order valence-electron chi connectivity index (χ4n) is 3.18. The van der Waals surface area contributed by atoms with Crippen molar-refractivity contribution in [1.82, 2.24) is 9.97 Å². The van der Waals surface area contributed by atoms with Gasteiger partial charge >= 0.3 is 0 Å². The van der Waals surface area contributed by atoms with Crippen molar-refractivity contribution >= 4 is 11.6 Å². The van der Waals surface area contributed by atoms with Crippen LogP contribution in [0.15, 0.2) is 36.7 Å². The molecule has 2 heterocycles. The van der Waals surface area contributed by atoms with E-state index in [2.05, 4.69) is 45.3 Å². The SMILES string of the molecule is COc1cccc(CCNc2cc(N3CCCC(C)C3)ncn2)c1. The van der Waals surface area contributed by atoms with Gasteiger partial charge in [-0.3, -0.25) is 0 Å². The standard InChI is InChI=1S/C19H26N4O/c1-15-5-4-10-23(13-15)19-12-18(21-14-22-19)20-9-8-16-6-3-7-17(11-16)24-2/h3,6-7,11-12,14-15H,4-5,8-10,13H2,1-2H3,(H,20,21,22). The summed E-state index contributed by atoms with van der Waals surface area (Å²) >= 11 is 0. The molecule has 1 fully saturated rings. The maximum Gasteiger partial charge on any atom is 0.134 e. The van der Waals surface area contributed by atoms with E-state index in [9.17, 15) is 0 Å². The lowest BCUT2D eigenvalue weighted by Gasteiger charge is -2.31. The van der Waals surface area contributed by atoms with Crippen molar-refractivity contribution < 1.29 is 4.74 Å². The highest BCUT2D eigenvalue weighted by molar-refractivity contribution is 5.48. The van der Waals surface area contributed by atoms with Crippen molar-refractivity contribution in [3.05, 3.63) is 42.2 Å². The molecule has 128 valence electrons. The molecule has 0 aliphatic carbocycles. The molecule has 5 nitrogen and oxygen atoms in total. The number of ether oxygens (including phenoxy) is 1. The second-order valence-electron chi connectivity index (χ2n) is 6.48. The lowest BCUT2D eigenvalue weighted by Crippen LogP contribution is -2.34. The van der Waals surface area contributed by atoms with Crippen LogP contribution in [0.3, 0.4) is 0 Å². The summed E-state index contributed by atoms with van der Waals surface area (Å²) < 4.78 is 5.26. The molecular weight excluding hydrogens is 300 g/mol. The number of nitrogens with zero attached hydrogens (tertiary/aromatic N) is 3. The Morgan fingerprint density at radius 1 is 1.29 bits per heavy atom. The molecule has 5 heteroatoms. The van der Waals surface area contributed by atoms with E-state index in [1.807, 2.05) is 12.1 Å². The molecule has 1 aromatic heterocycles. The highest BCUT2D eigenvalue weighted by atomic mass is 16.5. The Balaban J connectivity index is 1.56. The van der Waals surface area contributed by atoms with E-state index in [1.165, 1.54) is 18.4 Å². The van der Waals surface area contributed by atoms with Crippen molar-refractivity contribution in [2.24, 2.45) is 5.92 Å². The van der Waals surface area contributed by atoms with E-state index in [-0.39, 0.29) is 0 Å². The fraction of sp³-hybridized carbons (Fsp3) is 0.474. The first-order valence-corrected chi connectivity index (χ1v) is 8.68. The van der Waals surface area contributed by atoms with Crippen molar-refractivity contribution in [2.45, 2.75) is 26.2 Å². The Bertz CT molecular complexity index is 661. The number of benzene rings is 1. The molecule has 1 unspecified atom stereocenters. The van der Waals surface area contributed by atoms with Crippen LogP contribution in [0, 0.1) is 5.92 Å². The Morgan fingerprint density at radius 2 is 2.21 bits per heavy atom. The summed E-state index contributed by atoms with van der Waals surface area (Å²) in [6, 6.07) is 10.2. The minimum Gasteiger partial charge on any atom is -0.497 e. The van der Waals surface area contributed by atoms with Crippen LogP contribution in [0.4, 0.5) is 11.6 Å². The van der Waals surface area contributed by atoms with Gasteiger partial charge in [-0.15, -0.1) is 0 Å². The van der Waals surface area contributed by atoms with Gasteiger partial charge in [0.2, 0.25) is 0 Å². The van der Waals surface area contributed by atoms with Crippen LogP contribution in [-0.2, 0) is 6.42 Å². The van der Waals surface area contributed by atoms with Crippen LogP contribution in [0.1, 0.15) is 25.3 Å². The maximum absolute atomic E-state index is 5.26. The van der Waals surface area contributed by atoms with E-state index < -0.39 is 0 Å². The number of aromatic nitrogens is 2. The normalized spacial score (nSPS) is 17.6. The predicted octanol–water partition coefficient (Wildman–Crippen LogP) is 3.38. The van der Waals surface area contributed by atoms with Crippen molar-refractivity contribution in [3.8, 4) is 5.75 Å². The molecule has 1 atom stereocenters. The van der Waals surface area contributed by atoms with Crippen molar-refractivity contribution in [2.75, 3.05) is 37.0 Å². The van der Waals surface area contributed by atoms with Gasteiger partial charge in [-0.2, -0.15) is 0 Å². The number of nitrogens with one attached hydrogen (secondary N) is 1. The Hall–Kier alpha value is -2.30. The third kappa shape index (κ3) is 4.37. The monoisotopic (exact) mass is 326 g/mol. The summed E-state index contributed by atoms with van der Waals surface area (Å²) in [6.07, 6.45) is 5.14. The molecule has 0 spiro atoms. The van der Waals surface area contributed by atoms with Crippen molar-refractivity contribution in [3.63, 3.8) is 0 Å². The van der Waals surface area contributed by atoms with Gasteiger partial charge in [0.15, 0.2) is 0 Å². The zero-order valence-corrected chi connectivity index (χ0v) is 14.5. The Labute approximate surface area is 144 Å². The molecule has 24 heavy (non-hydrogen) atoms. The zero-order chi connectivity index (χ0) is 16.8. The van der Waals surface area contributed by atoms with Gasteiger partial charge in [0, 0.05) is 25.7 Å². The number of rotatable bonds is 6. The van der Waals surface area contributed by atoms with Gasteiger partial charge in [-0.25, -0.2) is 9.97 Å². The summed E-state index contributed by atoms with van der Waals surface area (Å²) in [5.74, 6) is 3.55. The lowest BCUT2D eigenvalue weighted by molar-refractivity contribution is 0.414. The number of hydrogen-bond acceptors (Lipinski definition) is 5. The molecule has 0 radical (unpaired) electrons. The minimum atomic E-state index is 0.734. The molecule has 0 bridgehead atoms. The third-order valence-electron chi connectivity index (χ3n) is 4.49. The summed E-state index contributed by atoms with van der Waals surface area (Å²) in [7, 11) is 1.70. The van der Waals surface area contributed by atoms with Gasteiger partial charge in [0.1, 0.15) is 23.7 Å². The van der Waals surface area contributed by atoms with Crippen LogP contribution >= 0.6 is 0 Å². The number of methoxy groups -OCH3 is 1. The third-order valence-corrected chi connectivity index (χ3v) is 4.49. The highest BCUT2D eigenvalue weighted by Crippen LogP contribution is 2.22. The Morgan fingerprint density at radius 3 is 3.04 bits per heavy atom. The number of piperidine rings is 1. The van der Waals surface area contributed by atoms with Gasteiger partial charge in [0.25, 0.3) is 0 Å². The molecule has 1 aliphatic heterocycles. The largest absolute Gasteiger partial charge is 0.497 e. The second kappa shape index (κ2) is 7.99. The van der Waals surface area contributed by atoms with Crippen LogP contribution in [0.5, 0.6) is 5.75 Å². The van der Waals surface area contributed by atoms with Gasteiger partial charge in [-0.05, 0) is 42.9 Å². The van der Waals surface area contributed by atoms with Crippen LogP contribution in [0.2, 0.25) is 0 Å². The molecule has 1 aliphatic rings. The first-order valence-electron chi connectivity index (χ1n) is 8.68. The summed E-state index contributed by atoms with van der Waals surface area (Å²) in [4.78, 5) is 11.2. The summed E-state index contributed by atoms with van der Waals surface area (Å²) in [6.45, 7) is 5.31. The van der Waals surface area contributed by atoms with Crippen LogP contribution in [-0.4, -0.2) is 36.7 Å². The smallest absolute Gasteiger partial charge is 0.134 e. The quantitative estimate of drug-likeness (QED) is 0.882. The van der Waals surface area contributed by atoms with Crippen molar-refractivity contribution in [1.29, 1.82) is 0 Å². The molecule has 0 amide bonds. The molecular formula is C19H26N4O. The van der Waals surface area contributed by atoms with E-state index >= 15 is 0 Å². The van der Waals surface area contributed by atoms with E-state index in [0.29, 0.717) is 0 Å². The molecule has 1 N–H and O–H groups in total. The number of anilines is 2.